The third-order valence-electron chi connectivity index (χ3n) is 5.29. The van der Waals surface area contributed by atoms with Gasteiger partial charge in [-0.1, -0.05) is 25.1 Å². The first kappa shape index (κ1) is 17.9. The van der Waals surface area contributed by atoms with Gasteiger partial charge in [0.15, 0.2) is 0 Å². The molecule has 1 saturated heterocycles. The highest BCUT2D eigenvalue weighted by molar-refractivity contribution is 5.98. The van der Waals surface area contributed by atoms with Crippen molar-refractivity contribution in [1.29, 1.82) is 0 Å². The van der Waals surface area contributed by atoms with Crippen LogP contribution in [0.2, 0.25) is 0 Å². The van der Waals surface area contributed by atoms with Gasteiger partial charge < -0.3 is 10.1 Å². The van der Waals surface area contributed by atoms with Gasteiger partial charge in [-0.2, -0.15) is 0 Å². The molecule has 1 heterocycles. The second-order valence-electron chi connectivity index (χ2n) is 7.66. The Labute approximate surface area is 149 Å². The molecule has 5 nitrogen and oxygen atoms in total. The van der Waals surface area contributed by atoms with Gasteiger partial charge in [-0.25, -0.2) is 0 Å². The predicted molar refractivity (Wildman–Crippen MR) is 96.0 cm³/mol. The van der Waals surface area contributed by atoms with Gasteiger partial charge in [-0.05, 0) is 57.6 Å². The molecule has 1 aliphatic carbocycles. The normalized spacial score (nSPS) is 29.2. The van der Waals surface area contributed by atoms with Crippen LogP contribution in [-0.4, -0.2) is 41.1 Å². The van der Waals surface area contributed by atoms with Crippen LogP contribution in [0.4, 0.5) is 0 Å². The number of hydrogen-bond acceptors (Lipinski definition) is 3. The van der Waals surface area contributed by atoms with Crippen molar-refractivity contribution in [3.8, 4) is 0 Å². The van der Waals surface area contributed by atoms with Crippen molar-refractivity contribution in [3.63, 3.8) is 0 Å². The van der Waals surface area contributed by atoms with Crippen molar-refractivity contribution in [1.82, 2.24) is 10.2 Å². The summed E-state index contributed by atoms with van der Waals surface area (Å²) in [6, 6.07) is 8.66. The van der Waals surface area contributed by atoms with Crippen molar-refractivity contribution in [3.05, 3.63) is 35.9 Å². The van der Waals surface area contributed by atoms with E-state index in [0.717, 1.165) is 25.7 Å². The predicted octanol–water partition coefficient (Wildman–Crippen LogP) is 2.96. The molecule has 1 aromatic rings. The number of carbonyl (C=O) groups is 2. The molecule has 2 amide bonds. The van der Waals surface area contributed by atoms with E-state index in [9.17, 15) is 9.59 Å². The summed E-state index contributed by atoms with van der Waals surface area (Å²) in [7, 11) is 0. The fraction of sp³-hybridized carbons (Fsp3) is 0.600. The second kappa shape index (κ2) is 7.16. The van der Waals surface area contributed by atoms with Crippen molar-refractivity contribution in [2.75, 3.05) is 6.61 Å². The highest BCUT2D eigenvalue weighted by Gasteiger charge is 2.53. The molecule has 1 saturated carbocycles. The van der Waals surface area contributed by atoms with Gasteiger partial charge in [0.25, 0.3) is 5.91 Å². The summed E-state index contributed by atoms with van der Waals surface area (Å²) < 4.78 is 6.14. The minimum absolute atomic E-state index is 0.0316. The zero-order chi connectivity index (χ0) is 18.0. The van der Waals surface area contributed by atoms with Crippen molar-refractivity contribution in [2.24, 2.45) is 5.92 Å². The molecule has 1 N–H and O–H groups in total. The maximum absolute atomic E-state index is 13.3. The highest BCUT2D eigenvalue weighted by Crippen LogP contribution is 2.43. The summed E-state index contributed by atoms with van der Waals surface area (Å²) in [5, 5.41) is 2.94. The zero-order valence-electron chi connectivity index (χ0n) is 15.3. The Hall–Kier alpha value is -1.88. The summed E-state index contributed by atoms with van der Waals surface area (Å²) >= 11 is 0. The van der Waals surface area contributed by atoms with Crippen LogP contribution in [0.3, 0.4) is 0 Å². The first-order chi connectivity index (χ1) is 11.9. The van der Waals surface area contributed by atoms with Crippen molar-refractivity contribution >= 4 is 11.8 Å². The molecule has 5 heteroatoms. The number of benzene rings is 1. The average molecular weight is 344 g/mol. The first-order valence-corrected chi connectivity index (χ1v) is 9.26. The molecule has 136 valence electrons. The molecule has 2 aliphatic rings. The minimum Gasteiger partial charge on any atom is -0.353 e. The molecule has 0 bridgehead atoms. The number of rotatable bonds is 3. The van der Waals surface area contributed by atoms with E-state index < -0.39 is 11.8 Å². The molecule has 3 rings (SSSR count). The van der Waals surface area contributed by atoms with Gasteiger partial charge in [0, 0.05) is 11.6 Å². The van der Waals surface area contributed by atoms with Crippen LogP contribution in [0.25, 0.3) is 0 Å². The van der Waals surface area contributed by atoms with Crippen molar-refractivity contribution < 1.29 is 14.3 Å². The summed E-state index contributed by atoms with van der Waals surface area (Å²) in [5.41, 5.74) is -0.0355. The van der Waals surface area contributed by atoms with Gasteiger partial charge in [0.1, 0.15) is 11.8 Å². The third kappa shape index (κ3) is 3.56. The van der Waals surface area contributed by atoms with Gasteiger partial charge in [0.05, 0.1) is 6.61 Å². The lowest BCUT2D eigenvalue weighted by Gasteiger charge is -2.43. The largest absolute Gasteiger partial charge is 0.353 e. The van der Waals surface area contributed by atoms with E-state index in [4.69, 9.17) is 4.74 Å². The number of hydrogen-bond donors (Lipinski definition) is 1. The number of nitrogens with one attached hydrogen (secondary N) is 1. The third-order valence-corrected chi connectivity index (χ3v) is 5.29. The Morgan fingerprint density at radius 3 is 2.44 bits per heavy atom. The van der Waals surface area contributed by atoms with Crippen LogP contribution in [-0.2, 0) is 9.53 Å². The Morgan fingerprint density at radius 2 is 1.84 bits per heavy atom. The quantitative estimate of drug-likeness (QED) is 0.917. The van der Waals surface area contributed by atoms with Gasteiger partial charge in [0.2, 0.25) is 5.91 Å². The van der Waals surface area contributed by atoms with Crippen LogP contribution in [0, 0.1) is 5.92 Å². The molecule has 0 radical (unpaired) electrons. The molecule has 1 aromatic carbocycles. The van der Waals surface area contributed by atoms with Crippen LogP contribution in [0.5, 0.6) is 0 Å². The zero-order valence-corrected chi connectivity index (χ0v) is 15.3. The van der Waals surface area contributed by atoms with E-state index in [-0.39, 0.29) is 24.5 Å². The smallest absolute Gasteiger partial charge is 0.256 e. The standard InChI is InChI=1S/C20H28N2O3/c1-14(2)21-18(23)17-13-25-20(11-9-15(3)10-12-20)22(17)19(24)16-7-5-4-6-8-16/h4-8,14-15,17H,9-13H2,1-3H3,(H,21,23). The van der Waals surface area contributed by atoms with E-state index in [1.165, 1.54) is 0 Å². The van der Waals surface area contributed by atoms with E-state index in [1.54, 1.807) is 17.0 Å². The number of nitrogens with zero attached hydrogens (tertiary/aromatic N) is 1. The average Bonchev–Trinajstić information content (AvgIpc) is 2.96. The summed E-state index contributed by atoms with van der Waals surface area (Å²) in [4.78, 5) is 27.7. The monoisotopic (exact) mass is 344 g/mol. The lowest BCUT2D eigenvalue weighted by Crippen LogP contribution is -2.57. The fourth-order valence-electron chi connectivity index (χ4n) is 3.88. The molecule has 1 atom stereocenters. The summed E-state index contributed by atoms with van der Waals surface area (Å²) in [5.74, 6) is 0.387. The Balaban J connectivity index is 1.92. The Morgan fingerprint density at radius 1 is 1.20 bits per heavy atom. The van der Waals surface area contributed by atoms with Gasteiger partial charge in [-0.3, -0.25) is 14.5 Å². The van der Waals surface area contributed by atoms with E-state index >= 15 is 0 Å². The van der Waals surface area contributed by atoms with Crippen LogP contribution in [0.1, 0.15) is 56.8 Å². The SMILES string of the molecule is CC1CCC2(CC1)OCC(C(=O)NC(C)C)N2C(=O)c1ccccc1. The van der Waals surface area contributed by atoms with Crippen LogP contribution >= 0.6 is 0 Å². The molecule has 25 heavy (non-hydrogen) atoms. The van der Waals surface area contributed by atoms with E-state index in [0.29, 0.717) is 11.5 Å². The number of ether oxygens (including phenoxy) is 1. The first-order valence-electron chi connectivity index (χ1n) is 9.26. The van der Waals surface area contributed by atoms with Crippen LogP contribution < -0.4 is 5.32 Å². The van der Waals surface area contributed by atoms with E-state index in [1.807, 2.05) is 32.0 Å². The Kier molecular flexibility index (Phi) is 5.13. The lowest BCUT2D eigenvalue weighted by atomic mass is 9.83. The molecule has 1 aliphatic heterocycles. The molecule has 1 unspecified atom stereocenters. The Bertz CT molecular complexity index is 621. The van der Waals surface area contributed by atoms with E-state index in [2.05, 4.69) is 12.2 Å². The maximum Gasteiger partial charge on any atom is 0.256 e. The summed E-state index contributed by atoms with van der Waals surface area (Å²) in [6.07, 6.45) is 3.60. The lowest BCUT2D eigenvalue weighted by molar-refractivity contribution is -0.128. The molecular formula is C20H28N2O3. The maximum atomic E-state index is 13.3. The minimum atomic E-state index is -0.640. The van der Waals surface area contributed by atoms with Gasteiger partial charge in [-0.15, -0.1) is 0 Å². The fourth-order valence-corrected chi connectivity index (χ4v) is 3.88. The molecule has 0 aromatic heterocycles. The molecule has 1 spiro atoms. The van der Waals surface area contributed by atoms with Crippen molar-refractivity contribution in [2.45, 2.75) is 64.3 Å². The molecular weight excluding hydrogens is 316 g/mol. The summed E-state index contributed by atoms with van der Waals surface area (Å²) in [6.45, 7) is 6.35. The highest BCUT2D eigenvalue weighted by atomic mass is 16.5. The topological polar surface area (TPSA) is 58.6 Å². The van der Waals surface area contributed by atoms with Crippen LogP contribution in [0.15, 0.2) is 30.3 Å². The number of amides is 2. The number of carbonyl (C=O) groups excluding carboxylic acids is 2. The van der Waals surface area contributed by atoms with Gasteiger partial charge >= 0.3 is 0 Å². The molecule has 2 fully saturated rings. The second-order valence-corrected chi connectivity index (χ2v) is 7.66.